The average molecular weight is 325 g/mol. The zero-order valence-corrected chi connectivity index (χ0v) is 14.9. The van der Waals surface area contributed by atoms with Crippen molar-refractivity contribution < 1.29 is 19.1 Å². The van der Waals surface area contributed by atoms with E-state index in [1.54, 1.807) is 0 Å². The molecule has 0 aliphatic carbocycles. The molecule has 0 saturated heterocycles. The van der Waals surface area contributed by atoms with Gasteiger partial charge < -0.3 is 14.4 Å². The van der Waals surface area contributed by atoms with E-state index in [2.05, 4.69) is 0 Å². The first-order valence-corrected chi connectivity index (χ1v) is 8.25. The fourth-order valence-electron chi connectivity index (χ4n) is 1.87. The van der Waals surface area contributed by atoms with Gasteiger partial charge in [0.2, 0.25) is 0 Å². The lowest BCUT2D eigenvalue weighted by Gasteiger charge is -2.16. The monoisotopic (exact) mass is 325 g/mol. The second-order valence-electron chi connectivity index (χ2n) is 5.59. The molecule has 0 bridgehead atoms. The Balaban J connectivity index is 4.25. The zero-order valence-electron chi connectivity index (χ0n) is 14.9. The van der Waals surface area contributed by atoms with E-state index in [4.69, 9.17) is 9.47 Å². The van der Waals surface area contributed by atoms with Gasteiger partial charge in [-0.05, 0) is 40.4 Å². The molecule has 5 heteroatoms. The van der Waals surface area contributed by atoms with E-state index in [1.165, 1.54) is 0 Å². The molecule has 0 fully saturated rings. The highest BCUT2D eigenvalue weighted by Crippen LogP contribution is 2.09. The molecule has 23 heavy (non-hydrogen) atoms. The van der Waals surface area contributed by atoms with Gasteiger partial charge in [0, 0.05) is 12.8 Å². The van der Waals surface area contributed by atoms with Gasteiger partial charge in [-0.1, -0.05) is 31.2 Å². The summed E-state index contributed by atoms with van der Waals surface area (Å²) in [6.07, 6.45) is 9.69. The van der Waals surface area contributed by atoms with Crippen LogP contribution in [0, 0.1) is 0 Å². The van der Waals surface area contributed by atoms with Crippen molar-refractivity contribution in [1.82, 2.24) is 4.90 Å². The molecular weight excluding hydrogens is 294 g/mol. The second kappa shape index (κ2) is 14.0. The van der Waals surface area contributed by atoms with Crippen molar-refractivity contribution in [3.8, 4) is 0 Å². The van der Waals surface area contributed by atoms with Gasteiger partial charge in [0.15, 0.2) is 0 Å². The summed E-state index contributed by atoms with van der Waals surface area (Å²) in [7, 11) is 3.92. The first-order chi connectivity index (χ1) is 11.0. The predicted molar refractivity (Wildman–Crippen MR) is 92.1 cm³/mol. The van der Waals surface area contributed by atoms with E-state index in [0.29, 0.717) is 12.8 Å². The molecule has 0 heterocycles. The summed E-state index contributed by atoms with van der Waals surface area (Å²) < 4.78 is 10.5. The molecule has 0 aromatic carbocycles. The van der Waals surface area contributed by atoms with Crippen LogP contribution in [0.5, 0.6) is 0 Å². The molecule has 0 rings (SSSR count). The number of hydrogen-bond donors (Lipinski definition) is 0. The van der Waals surface area contributed by atoms with Gasteiger partial charge in [0.25, 0.3) is 0 Å². The van der Waals surface area contributed by atoms with Crippen LogP contribution in [0.1, 0.15) is 46.0 Å². The standard InChI is InChI=1S/C18H31NO4/c1-5-7-9-14-22-18(21)15-16(11-8-6-2)23-17(20)12-10-13-19(3)4/h6-9,16H,5,10-15H2,1-4H3/b8-6-,9-7+. The van der Waals surface area contributed by atoms with Crippen molar-refractivity contribution in [2.75, 3.05) is 27.2 Å². The van der Waals surface area contributed by atoms with Gasteiger partial charge in [-0.2, -0.15) is 0 Å². The Hall–Kier alpha value is -1.62. The van der Waals surface area contributed by atoms with Crippen LogP contribution in [0.15, 0.2) is 24.3 Å². The molecule has 0 radical (unpaired) electrons. The van der Waals surface area contributed by atoms with Crippen LogP contribution in [0.25, 0.3) is 0 Å². The average Bonchev–Trinajstić information content (AvgIpc) is 2.48. The van der Waals surface area contributed by atoms with Crippen LogP contribution < -0.4 is 0 Å². The van der Waals surface area contributed by atoms with Crippen LogP contribution in [0.2, 0.25) is 0 Å². The summed E-state index contributed by atoms with van der Waals surface area (Å²) in [5.74, 6) is -0.610. The minimum Gasteiger partial charge on any atom is -0.461 e. The molecule has 0 amide bonds. The Bertz CT molecular complexity index is 388. The number of allylic oxidation sites excluding steroid dienone is 2. The molecule has 0 aliphatic rings. The Morgan fingerprint density at radius 2 is 1.87 bits per heavy atom. The summed E-state index contributed by atoms with van der Waals surface area (Å²) in [5.41, 5.74) is 0. The lowest BCUT2D eigenvalue weighted by Crippen LogP contribution is -2.23. The first-order valence-electron chi connectivity index (χ1n) is 8.25. The minimum absolute atomic E-state index is 0.0870. The van der Waals surface area contributed by atoms with Gasteiger partial charge in [-0.15, -0.1) is 0 Å². The number of esters is 2. The molecule has 0 spiro atoms. The van der Waals surface area contributed by atoms with Crippen molar-refractivity contribution in [3.63, 3.8) is 0 Å². The lowest BCUT2D eigenvalue weighted by molar-refractivity contribution is -0.154. The lowest BCUT2D eigenvalue weighted by atomic mass is 10.1. The van der Waals surface area contributed by atoms with Gasteiger partial charge in [-0.25, -0.2) is 0 Å². The Morgan fingerprint density at radius 1 is 1.13 bits per heavy atom. The number of nitrogens with zero attached hydrogens (tertiary/aromatic N) is 1. The highest BCUT2D eigenvalue weighted by atomic mass is 16.6. The number of carbonyl (C=O) groups excluding carboxylic acids is 2. The molecule has 0 aliphatic heterocycles. The molecule has 1 atom stereocenters. The molecular formula is C18H31NO4. The summed E-state index contributed by atoms with van der Waals surface area (Å²) in [5, 5.41) is 0. The van der Waals surface area contributed by atoms with Crippen molar-refractivity contribution in [2.24, 2.45) is 0 Å². The van der Waals surface area contributed by atoms with E-state index >= 15 is 0 Å². The van der Waals surface area contributed by atoms with Crippen LogP contribution in [-0.2, 0) is 19.1 Å². The SMILES string of the molecule is C/C=C\CC(CC(=O)OC/C=C/CC)OC(=O)CCCN(C)C. The van der Waals surface area contributed by atoms with E-state index < -0.39 is 6.10 Å². The Labute approximate surface area is 140 Å². The highest BCUT2D eigenvalue weighted by Gasteiger charge is 2.18. The number of carbonyl (C=O) groups is 2. The largest absolute Gasteiger partial charge is 0.461 e. The maximum absolute atomic E-state index is 11.9. The Morgan fingerprint density at radius 3 is 2.48 bits per heavy atom. The third kappa shape index (κ3) is 13.7. The fraction of sp³-hybridized carbons (Fsp3) is 0.667. The summed E-state index contributed by atoms with van der Waals surface area (Å²) in [6.45, 7) is 5.01. The van der Waals surface area contributed by atoms with Crippen molar-refractivity contribution in [3.05, 3.63) is 24.3 Å². The summed E-state index contributed by atoms with van der Waals surface area (Å²) in [6, 6.07) is 0. The molecule has 0 aromatic rings. The first kappa shape index (κ1) is 21.4. The third-order valence-electron chi connectivity index (χ3n) is 3.06. The predicted octanol–water partition coefficient (Wildman–Crippen LogP) is 3.11. The van der Waals surface area contributed by atoms with Crippen LogP contribution in [-0.4, -0.2) is 50.2 Å². The van der Waals surface area contributed by atoms with Crippen LogP contribution in [0.3, 0.4) is 0 Å². The van der Waals surface area contributed by atoms with E-state index in [0.717, 1.165) is 19.4 Å². The maximum atomic E-state index is 11.9. The normalized spacial score (nSPS) is 12.9. The van der Waals surface area contributed by atoms with Crippen molar-refractivity contribution >= 4 is 11.9 Å². The molecule has 0 aromatic heterocycles. The van der Waals surface area contributed by atoms with E-state index in [1.807, 2.05) is 57.1 Å². The Kier molecular flexibility index (Phi) is 13.0. The molecule has 132 valence electrons. The van der Waals surface area contributed by atoms with Crippen LogP contribution >= 0.6 is 0 Å². The number of hydrogen-bond acceptors (Lipinski definition) is 5. The van der Waals surface area contributed by atoms with Gasteiger partial charge >= 0.3 is 11.9 Å². The maximum Gasteiger partial charge on any atom is 0.309 e. The summed E-state index contributed by atoms with van der Waals surface area (Å²) in [4.78, 5) is 25.7. The zero-order chi connectivity index (χ0) is 17.5. The molecule has 5 nitrogen and oxygen atoms in total. The smallest absolute Gasteiger partial charge is 0.309 e. The molecule has 0 N–H and O–H groups in total. The van der Waals surface area contributed by atoms with E-state index in [9.17, 15) is 9.59 Å². The third-order valence-corrected chi connectivity index (χ3v) is 3.06. The van der Waals surface area contributed by atoms with Gasteiger partial charge in [-0.3, -0.25) is 9.59 Å². The summed E-state index contributed by atoms with van der Waals surface area (Å²) >= 11 is 0. The van der Waals surface area contributed by atoms with E-state index in [-0.39, 0.29) is 25.0 Å². The van der Waals surface area contributed by atoms with Crippen molar-refractivity contribution in [2.45, 2.75) is 52.1 Å². The van der Waals surface area contributed by atoms with Crippen LogP contribution in [0.4, 0.5) is 0 Å². The van der Waals surface area contributed by atoms with Gasteiger partial charge in [0.05, 0.1) is 6.42 Å². The molecule has 1 unspecified atom stereocenters. The fourth-order valence-corrected chi connectivity index (χ4v) is 1.87. The van der Waals surface area contributed by atoms with Crippen molar-refractivity contribution in [1.29, 1.82) is 0 Å². The topological polar surface area (TPSA) is 55.8 Å². The highest BCUT2D eigenvalue weighted by molar-refractivity contribution is 5.72. The number of ether oxygens (including phenoxy) is 2. The molecule has 0 saturated carbocycles. The number of rotatable bonds is 12. The van der Waals surface area contributed by atoms with Gasteiger partial charge in [0.1, 0.15) is 12.7 Å². The minimum atomic E-state index is -0.458. The quantitative estimate of drug-likeness (QED) is 0.408. The second-order valence-corrected chi connectivity index (χ2v) is 5.59.